The van der Waals surface area contributed by atoms with Gasteiger partial charge in [0.25, 0.3) is 5.91 Å². The predicted octanol–water partition coefficient (Wildman–Crippen LogP) is 3.60. The third-order valence-electron chi connectivity index (χ3n) is 6.25. The van der Waals surface area contributed by atoms with Crippen molar-refractivity contribution in [1.82, 2.24) is 4.90 Å². The molecule has 0 bridgehead atoms. The first kappa shape index (κ1) is 20.2. The van der Waals surface area contributed by atoms with E-state index in [4.69, 9.17) is 5.73 Å². The smallest absolute Gasteiger partial charge is 0.255 e. The van der Waals surface area contributed by atoms with Crippen molar-refractivity contribution in [2.24, 2.45) is 5.73 Å². The van der Waals surface area contributed by atoms with Crippen molar-refractivity contribution in [2.45, 2.75) is 25.4 Å². The first-order valence-corrected chi connectivity index (χ1v) is 10.7. The molecule has 160 valence electrons. The van der Waals surface area contributed by atoms with Gasteiger partial charge in [0.1, 0.15) is 0 Å². The maximum Gasteiger partial charge on any atom is 0.255 e. The van der Waals surface area contributed by atoms with E-state index in [0.29, 0.717) is 28.9 Å². The van der Waals surface area contributed by atoms with E-state index in [1.165, 1.54) is 0 Å². The largest absolute Gasteiger partial charge is 0.368 e. The molecule has 6 nitrogen and oxygen atoms in total. The molecule has 0 aromatic heterocycles. The minimum atomic E-state index is -0.291. The lowest BCUT2D eigenvalue weighted by Crippen LogP contribution is -2.39. The molecule has 6 heteroatoms. The number of carbonyl (C=O) groups excluding carboxylic acids is 3. The number of ketones is 1. The second kappa shape index (κ2) is 8.05. The number of nitrogens with two attached hydrogens (primary N) is 1. The van der Waals surface area contributed by atoms with Gasteiger partial charge in [-0.05, 0) is 60.3 Å². The molecule has 1 saturated heterocycles. The van der Waals surface area contributed by atoms with Gasteiger partial charge in [-0.3, -0.25) is 19.3 Å². The Kier molecular flexibility index (Phi) is 5.07. The Morgan fingerprint density at radius 3 is 2.53 bits per heavy atom. The molecule has 2 amide bonds. The number of carbonyl (C=O) groups is 3. The van der Waals surface area contributed by atoms with Crippen LogP contribution in [0.3, 0.4) is 0 Å². The van der Waals surface area contributed by atoms with Crippen molar-refractivity contribution in [3.8, 4) is 11.1 Å². The van der Waals surface area contributed by atoms with Crippen LogP contribution in [0.5, 0.6) is 0 Å². The SMILES string of the molecule is NC(=O)C1CCCN1Cc1cccc(NC(=O)c2ccc3c(c2)C(=O)c2ccccc2-3)c1. The van der Waals surface area contributed by atoms with Crippen molar-refractivity contribution in [2.75, 3.05) is 11.9 Å². The summed E-state index contributed by atoms with van der Waals surface area (Å²) in [7, 11) is 0. The van der Waals surface area contributed by atoms with E-state index in [2.05, 4.69) is 10.2 Å². The second-order valence-corrected chi connectivity index (χ2v) is 8.32. The zero-order valence-electron chi connectivity index (χ0n) is 17.5. The number of nitrogens with zero attached hydrogens (tertiary/aromatic N) is 1. The van der Waals surface area contributed by atoms with Gasteiger partial charge in [0.2, 0.25) is 5.91 Å². The van der Waals surface area contributed by atoms with Gasteiger partial charge >= 0.3 is 0 Å². The van der Waals surface area contributed by atoms with Gasteiger partial charge in [0.15, 0.2) is 5.78 Å². The topological polar surface area (TPSA) is 92.5 Å². The molecule has 0 spiro atoms. The van der Waals surface area contributed by atoms with Crippen LogP contribution in [0.2, 0.25) is 0 Å². The van der Waals surface area contributed by atoms with Gasteiger partial charge in [-0.2, -0.15) is 0 Å². The summed E-state index contributed by atoms with van der Waals surface area (Å²) in [4.78, 5) is 39.4. The number of benzene rings is 3. The number of fused-ring (bicyclic) bond motifs is 3. The number of amides is 2. The molecule has 1 aliphatic heterocycles. The van der Waals surface area contributed by atoms with E-state index in [9.17, 15) is 14.4 Å². The zero-order chi connectivity index (χ0) is 22.2. The van der Waals surface area contributed by atoms with E-state index in [-0.39, 0.29) is 23.6 Å². The first-order chi connectivity index (χ1) is 15.5. The van der Waals surface area contributed by atoms with Crippen molar-refractivity contribution < 1.29 is 14.4 Å². The molecule has 1 unspecified atom stereocenters. The molecule has 5 rings (SSSR count). The molecule has 1 aliphatic carbocycles. The van der Waals surface area contributed by atoms with Crippen molar-refractivity contribution in [3.05, 3.63) is 89.0 Å². The van der Waals surface area contributed by atoms with E-state index in [0.717, 1.165) is 36.1 Å². The first-order valence-electron chi connectivity index (χ1n) is 10.7. The van der Waals surface area contributed by atoms with Gasteiger partial charge < -0.3 is 11.1 Å². The Bertz CT molecular complexity index is 1250. The van der Waals surface area contributed by atoms with Gasteiger partial charge in [-0.1, -0.05) is 42.5 Å². The third-order valence-corrected chi connectivity index (χ3v) is 6.25. The molecule has 32 heavy (non-hydrogen) atoms. The number of hydrogen-bond donors (Lipinski definition) is 2. The molecular weight excluding hydrogens is 402 g/mol. The molecule has 3 aromatic rings. The van der Waals surface area contributed by atoms with Crippen LogP contribution in [-0.2, 0) is 11.3 Å². The Morgan fingerprint density at radius 2 is 1.72 bits per heavy atom. The molecule has 3 aromatic carbocycles. The Hall–Kier alpha value is -3.77. The summed E-state index contributed by atoms with van der Waals surface area (Å²) in [5.74, 6) is -0.618. The zero-order valence-corrected chi connectivity index (χ0v) is 17.5. The Balaban J connectivity index is 1.33. The monoisotopic (exact) mass is 425 g/mol. The standard InChI is InChI=1S/C26H23N3O3/c27-25(31)23-9-4-12-29(23)15-16-5-3-6-18(13-16)28-26(32)17-10-11-20-19-7-1-2-8-21(19)24(30)22(20)14-17/h1-3,5-8,10-11,13-14,23H,4,9,12,15H2,(H2,27,31)(H,28,32). The van der Waals surface area contributed by atoms with Crippen LogP contribution in [0.15, 0.2) is 66.7 Å². The Labute approximate surface area is 186 Å². The molecular formula is C26H23N3O3. The van der Waals surface area contributed by atoms with Crippen LogP contribution in [-0.4, -0.2) is 35.1 Å². The van der Waals surface area contributed by atoms with Crippen molar-refractivity contribution in [3.63, 3.8) is 0 Å². The van der Waals surface area contributed by atoms with Crippen molar-refractivity contribution >= 4 is 23.3 Å². The lowest BCUT2D eigenvalue weighted by Gasteiger charge is -2.22. The number of likely N-dealkylation sites (tertiary alicyclic amines) is 1. The van der Waals surface area contributed by atoms with Gasteiger partial charge in [-0.25, -0.2) is 0 Å². The lowest BCUT2D eigenvalue weighted by atomic mass is 10.0. The molecule has 2 aliphatic rings. The summed E-state index contributed by atoms with van der Waals surface area (Å²) in [5, 5.41) is 2.92. The fraction of sp³-hybridized carbons (Fsp3) is 0.192. The average Bonchev–Trinajstić information content (AvgIpc) is 3.37. The highest BCUT2D eigenvalue weighted by atomic mass is 16.2. The molecule has 1 fully saturated rings. The molecule has 1 heterocycles. The average molecular weight is 425 g/mol. The summed E-state index contributed by atoms with van der Waals surface area (Å²) in [5.41, 5.74) is 10.6. The second-order valence-electron chi connectivity index (χ2n) is 8.32. The Morgan fingerprint density at radius 1 is 0.938 bits per heavy atom. The third kappa shape index (κ3) is 3.59. The summed E-state index contributed by atoms with van der Waals surface area (Å²) < 4.78 is 0. The quantitative estimate of drug-likeness (QED) is 0.511. The number of rotatable bonds is 5. The highest BCUT2D eigenvalue weighted by Crippen LogP contribution is 2.36. The van der Waals surface area contributed by atoms with Crippen LogP contribution in [0.25, 0.3) is 11.1 Å². The number of anilines is 1. The predicted molar refractivity (Wildman–Crippen MR) is 122 cm³/mol. The normalized spacial score (nSPS) is 17.1. The minimum absolute atomic E-state index is 0.0538. The maximum atomic E-state index is 12.9. The highest BCUT2D eigenvalue weighted by Gasteiger charge is 2.29. The summed E-state index contributed by atoms with van der Waals surface area (Å²) >= 11 is 0. The van der Waals surface area contributed by atoms with Crippen LogP contribution < -0.4 is 11.1 Å². The van der Waals surface area contributed by atoms with E-state index in [1.54, 1.807) is 12.1 Å². The van der Waals surface area contributed by atoms with E-state index in [1.807, 2.05) is 54.6 Å². The van der Waals surface area contributed by atoms with Crippen molar-refractivity contribution in [1.29, 1.82) is 0 Å². The number of hydrogen-bond acceptors (Lipinski definition) is 4. The van der Waals surface area contributed by atoms with Gasteiger partial charge in [-0.15, -0.1) is 0 Å². The maximum absolute atomic E-state index is 12.9. The summed E-state index contributed by atoms with van der Waals surface area (Å²) in [6, 6.07) is 20.1. The summed E-state index contributed by atoms with van der Waals surface area (Å²) in [6.45, 7) is 1.43. The van der Waals surface area contributed by atoms with Crippen LogP contribution in [0.4, 0.5) is 5.69 Å². The minimum Gasteiger partial charge on any atom is -0.368 e. The van der Waals surface area contributed by atoms with Gasteiger partial charge in [0.05, 0.1) is 6.04 Å². The fourth-order valence-electron chi connectivity index (χ4n) is 4.69. The molecule has 3 N–H and O–H groups in total. The van der Waals surface area contributed by atoms with E-state index >= 15 is 0 Å². The van der Waals surface area contributed by atoms with Crippen LogP contribution >= 0.6 is 0 Å². The molecule has 1 atom stereocenters. The summed E-state index contributed by atoms with van der Waals surface area (Å²) in [6.07, 6.45) is 1.73. The highest BCUT2D eigenvalue weighted by molar-refractivity contribution is 6.22. The fourth-order valence-corrected chi connectivity index (χ4v) is 4.69. The number of nitrogens with one attached hydrogen (secondary N) is 1. The number of primary amides is 1. The van der Waals surface area contributed by atoms with Gasteiger partial charge in [0, 0.05) is 28.9 Å². The van der Waals surface area contributed by atoms with Crippen LogP contribution in [0.1, 0.15) is 44.7 Å². The molecule has 0 saturated carbocycles. The van der Waals surface area contributed by atoms with E-state index < -0.39 is 0 Å². The molecule has 0 radical (unpaired) electrons. The van der Waals surface area contributed by atoms with Crippen LogP contribution in [0, 0.1) is 0 Å². The lowest BCUT2D eigenvalue weighted by molar-refractivity contribution is -0.122.